The Bertz CT molecular complexity index is 687. The van der Waals surface area contributed by atoms with Crippen molar-refractivity contribution in [1.29, 1.82) is 0 Å². The highest BCUT2D eigenvalue weighted by atomic mass is 16.3. The summed E-state index contributed by atoms with van der Waals surface area (Å²) >= 11 is 0. The van der Waals surface area contributed by atoms with Crippen LogP contribution in [0.15, 0.2) is 52.7 Å². The van der Waals surface area contributed by atoms with E-state index in [-0.39, 0.29) is 11.7 Å². The molecule has 2 N–H and O–H groups in total. The minimum Gasteiger partial charge on any atom is -0.507 e. The molecule has 108 valence electrons. The van der Waals surface area contributed by atoms with Gasteiger partial charge in [-0.2, -0.15) is 5.10 Å². The van der Waals surface area contributed by atoms with Crippen LogP contribution < -0.4 is 5.43 Å². The number of nitrogens with zero attached hydrogens (tertiary/aromatic N) is 1. The van der Waals surface area contributed by atoms with Crippen molar-refractivity contribution in [1.82, 2.24) is 5.43 Å². The van der Waals surface area contributed by atoms with Gasteiger partial charge in [0, 0.05) is 5.56 Å². The summed E-state index contributed by atoms with van der Waals surface area (Å²) in [6.07, 6.45) is 5.11. The monoisotopic (exact) mass is 284 g/mol. The number of aryl methyl sites for hydroxylation is 1. The molecule has 0 aliphatic rings. The number of hydrogen-bond donors (Lipinski definition) is 2. The summed E-state index contributed by atoms with van der Waals surface area (Å²) in [4.78, 5) is 11.8. The van der Waals surface area contributed by atoms with E-state index in [2.05, 4.69) is 17.1 Å². The fraction of sp³-hybridized carbons (Fsp3) is 0.125. The molecule has 2 aromatic rings. The number of phenols is 1. The molecule has 0 spiro atoms. The van der Waals surface area contributed by atoms with E-state index in [9.17, 15) is 9.90 Å². The van der Waals surface area contributed by atoms with Crippen LogP contribution in [0.5, 0.6) is 5.75 Å². The van der Waals surface area contributed by atoms with E-state index in [1.807, 2.05) is 12.1 Å². The number of nitrogens with one attached hydrogen (secondary N) is 1. The van der Waals surface area contributed by atoms with Crippen molar-refractivity contribution in [3.05, 3.63) is 65.6 Å². The summed E-state index contributed by atoms with van der Waals surface area (Å²) in [5, 5.41) is 13.9. The fourth-order valence-corrected chi connectivity index (χ4v) is 1.88. The molecule has 0 fully saturated rings. The molecule has 0 aliphatic carbocycles. The number of aromatic hydroxyl groups is 1. The van der Waals surface area contributed by atoms with Gasteiger partial charge in [-0.25, -0.2) is 5.43 Å². The van der Waals surface area contributed by atoms with Gasteiger partial charge in [-0.15, -0.1) is 6.58 Å². The maximum absolute atomic E-state index is 11.8. The number of carbonyl (C=O) groups is 1. The molecule has 1 aromatic heterocycles. The Labute approximate surface area is 122 Å². The van der Waals surface area contributed by atoms with Crippen molar-refractivity contribution >= 4 is 12.1 Å². The zero-order valence-electron chi connectivity index (χ0n) is 11.7. The van der Waals surface area contributed by atoms with Gasteiger partial charge in [0.15, 0.2) is 0 Å². The van der Waals surface area contributed by atoms with Crippen LogP contribution in [-0.2, 0) is 6.42 Å². The SMILES string of the molecule is C=CCc1cccc(/C=N/NC(=O)c2ccoc2C)c1O. The number of hydrogen-bond acceptors (Lipinski definition) is 4. The molecule has 1 heterocycles. The number of amides is 1. The number of allylic oxidation sites excluding steroid dienone is 1. The van der Waals surface area contributed by atoms with Gasteiger partial charge in [0.05, 0.1) is 18.0 Å². The van der Waals surface area contributed by atoms with Gasteiger partial charge in [0.1, 0.15) is 11.5 Å². The lowest BCUT2D eigenvalue weighted by Crippen LogP contribution is -2.17. The maximum Gasteiger partial charge on any atom is 0.274 e. The van der Waals surface area contributed by atoms with Crippen LogP contribution in [0.3, 0.4) is 0 Å². The van der Waals surface area contributed by atoms with Crippen LogP contribution in [0.25, 0.3) is 0 Å². The molecule has 0 bridgehead atoms. The second-order valence-electron chi connectivity index (χ2n) is 4.44. The van der Waals surface area contributed by atoms with Crippen LogP contribution in [0.4, 0.5) is 0 Å². The zero-order valence-corrected chi connectivity index (χ0v) is 11.7. The summed E-state index contributed by atoms with van der Waals surface area (Å²) in [6.45, 7) is 5.34. The summed E-state index contributed by atoms with van der Waals surface area (Å²) in [5.41, 5.74) is 4.10. The number of benzene rings is 1. The number of para-hydroxylation sites is 1. The first-order chi connectivity index (χ1) is 10.1. The van der Waals surface area contributed by atoms with E-state index in [1.54, 1.807) is 25.1 Å². The predicted molar refractivity (Wildman–Crippen MR) is 80.5 cm³/mol. The van der Waals surface area contributed by atoms with Gasteiger partial charge in [-0.1, -0.05) is 18.2 Å². The van der Waals surface area contributed by atoms with Gasteiger partial charge in [0.2, 0.25) is 0 Å². The number of hydrazone groups is 1. The Morgan fingerprint density at radius 2 is 2.29 bits per heavy atom. The summed E-state index contributed by atoms with van der Waals surface area (Å²) in [7, 11) is 0. The third-order valence-electron chi connectivity index (χ3n) is 2.99. The molecule has 0 saturated heterocycles. The van der Waals surface area contributed by atoms with Crippen molar-refractivity contribution in [3.63, 3.8) is 0 Å². The van der Waals surface area contributed by atoms with Crippen LogP contribution >= 0.6 is 0 Å². The van der Waals surface area contributed by atoms with Gasteiger partial charge < -0.3 is 9.52 Å². The Morgan fingerprint density at radius 1 is 1.48 bits per heavy atom. The van der Waals surface area contributed by atoms with Gasteiger partial charge in [-0.05, 0) is 31.0 Å². The smallest absolute Gasteiger partial charge is 0.274 e. The lowest BCUT2D eigenvalue weighted by molar-refractivity contribution is 0.0953. The van der Waals surface area contributed by atoms with Crippen molar-refractivity contribution in [3.8, 4) is 5.75 Å². The molecule has 0 atom stereocenters. The highest BCUT2D eigenvalue weighted by molar-refractivity contribution is 5.95. The first-order valence-corrected chi connectivity index (χ1v) is 6.42. The van der Waals surface area contributed by atoms with E-state index < -0.39 is 0 Å². The molecule has 0 unspecified atom stereocenters. The third kappa shape index (κ3) is 3.39. The molecule has 0 saturated carbocycles. The normalized spacial score (nSPS) is 10.7. The molecule has 5 heteroatoms. The zero-order chi connectivity index (χ0) is 15.2. The highest BCUT2D eigenvalue weighted by Crippen LogP contribution is 2.21. The average Bonchev–Trinajstić information content (AvgIpc) is 2.89. The molecule has 5 nitrogen and oxygen atoms in total. The minimum absolute atomic E-state index is 0.134. The largest absolute Gasteiger partial charge is 0.507 e. The summed E-state index contributed by atoms with van der Waals surface area (Å²) in [6, 6.07) is 6.90. The molecular formula is C16H16N2O3. The molecule has 1 aromatic carbocycles. The number of carbonyl (C=O) groups excluding carboxylic acids is 1. The molecule has 21 heavy (non-hydrogen) atoms. The van der Waals surface area contributed by atoms with E-state index in [4.69, 9.17) is 4.42 Å². The summed E-state index contributed by atoms with van der Waals surface area (Å²) < 4.78 is 5.05. The number of phenolic OH excluding ortho intramolecular Hbond substituents is 1. The van der Waals surface area contributed by atoms with Gasteiger partial charge >= 0.3 is 0 Å². The molecule has 0 aliphatic heterocycles. The van der Waals surface area contributed by atoms with Gasteiger partial charge in [0.25, 0.3) is 5.91 Å². The predicted octanol–water partition coefficient (Wildman–Crippen LogP) is 2.79. The van der Waals surface area contributed by atoms with Crippen LogP contribution in [0.2, 0.25) is 0 Å². The lowest BCUT2D eigenvalue weighted by atomic mass is 10.1. The van der Waals surface area contributed by atoms with E-state index >= 15 is 0 Å². The first-order valence-electron chi connectivity index (χ1n) is 6.42. The van der Waals surface area contributed by atoms with Crippen LogP contribution in [-0.4, -0.2) is 17.2 Å². The van der Waals surface area contributed by atoms with Gasteiger partial charge in [-0.3, -0.25) is 4.79 Å². The third-order valence-corrected chi connectivity index (χ3v) is 2.99. The lowest BCUT2D eigenvalue weighted by Gasteiger charge is -2.04. The number of rotatable bonds is 5. The Hall–Kier alpha value is -2.82. The Balaban J connectivity index is 2.08. The standard InChI is InChI=1S/C16H16N2O3/c1-3-5-12-6-4-7-13(15(12)19)10-17-18-16(20)14-8-9-21-11(14)2/h3-4,6-10,19H,1,5H2,2H3,(H,18,20)/b17-10+. The molecular weight excluding hydrogens is 268 g/mol. The van der Waals surface area contributed by atoms with Crippen molar-refractivity contribution in [2.45, 2.75) is 13.3 Å². The average molecular weight is 284 g/mol. The summed E-state index contributed by atoms with van der Waals surface area (Å²) in [5.74, 6) is 0.299. The van der Waals surface area contributed by atoms with E-state index in [0.717, 1.165) is 5.56 Å². The van der Waals surface area contributed by atoms with E-state index in [1.165, 1.54) is 12.5 Å². The van der Waals surface area contributed by atoms with E-state index in [0.29, 0.717) is 23.3 Å². The van der Waals surface area contributed by atoms with Crippen molar-refractivity contribution in [2.24, 2.45) is 5.10 Å². The minimum atomic E-state index is -0.362. The second kappa shape index (κ2) is 6.56. The van der Waals surface area contributed by atoms with Crippen molar-refractivity contribution in [2.75, 3.05) is 0 Å². The number of furan rings is 1. The first kappa shape index (κ1) is 14.6. The second-order valence-corrected chi connectivity index (χ2v) is 4.44. The van der Waals surface area contributed by atoms with Crippen molar-refractivity contribution < 1.29 is 14.3 Å². The fourth-order valence-electron chi connectivity index (χ4n) is 1.88. The molecule has 1 amide bonds. The van der Waals surface area contributed by atoms with Crippen LogP contribution in [0, 0.1) is 6.92 Å². The Morgan fingerprint density at radius 3 is 2.95 bits per heavy atom. The topological polar surface area (TPSA) is 74.8 Å². The Kier molecular flexibility index (Phi) is 4.56. The highest BCUT2D eigenvalue weighted by Gasteiger charge is 2.10. The quantitative estimate of drug-likeness (QED) is 0.503. The molecule has 0 radical (unpaired) electrons. The van der Waals surface area contributed by atoms with Crippen LogP contribution in [0.1, 0.15) is 27.2 Å². The maximum atomic E-state index is 11.8. The molecule has 2 rings (SSSR count).